The molecule has 39 heavy (non-hydrogen) atoms. The second-order valence-electron chi connectivity index (χ2n) is 8.28. The number of carbonyl (C=O) groups excluding carboxylic acids is 1. The van der Waals surface area contributed by atoms with Crippen molar-refractivity contribution in [2.45, 2.75) is 11.8 Å². The lowest BCUT2D eigenvalue weighted by Gasteiger charge is -2.10. The van der Waals surface area contributed by atoms with Gasteiger partial charge in [-0.25, -0.2) is 5.43 Å². The molecule has 0 saturated heterocycles. The van der Waals surface area contributed by atoms with Gasteiger partial charge in [-0.2, -0.15) is 5.10 Å². The molecule has 0 aliphatic rings. The summed E-state index contributed by atoms with van der Waals surface area (Å²) in [5, 5.41) is 14.0. The highest BCUT2D eigenvalue weighted by Gasteiger charge is 2.17. The van der Waals surface area contributed by atoms with Crippen LogP contribution < -0.4 is 10.2 Å². The summed E-state index contributed by atoms with van der Waals surface area (Å²) in [4.78, 5) is 16.6. The first-order chi connectivity index (χ1) is 19.2. The van der Waals surface area contributed by atoms with E-state index in [4.69, 9.17) is 16.3 Å². The predicted molar refractivity (Wildman–Crippen MR) is 153 cm³/mol. The Labute approximate surface area is 234 Å². The second kappa shape index (κ2) is 12.9. The van der Waals surface area contributed by atoms with Gasteiger partial charge in [-0.3, -0.25) is 14.3 Å². The SMILES string of the molecule is O=C(CSc1nnc(-c2ccncc2)n1-c1ccc(Cl)cc1)N/N=C\c1ccc(OCc2ccccc2)cc1. The number of nitrogens with zero attached hydrogens (tertiary/aromatic N) is 5. The van der Waals surface area contributed by atoms with E-state index in [2.05, 4.69) is 25.7 Å². The lowest BCUT2D eigenvalue weighted by molar-refractivity contribution is -0.118. The zero-order valence-electron chi connectivity index (χ0n) is 20.6. The van der Waals surface area contributed by atoms with Crippen molar-refractivity contribution in [3.8, 4) is 22.8 Å². The van der Waals surface area contributed by atoms with E-state index in [0.29, 0.717) is 22.6 Å². The number of amides is 1. The maximum absolute atomic E-state index is 12.5. The Bertz CT molecular complexity index is 1540. The molecular weight excluding hydrogens is 532 g/mol. The molecule has 0 spiro atoms. The van der Waals surface area contributed by atoms with E-state index in [9.17, 15) is 4.79 Å². The van der Waals surface area contributed by atoms with Crippen molar-refractivity contribution in [3.63, 3.8) is 0 Å². The monoisotopic (exact) mass is 554 g/mol. The standard InChI is InChI=1S/C29H23ClN6O2S/c30-24-8-10-25(11-9-24)36-28(23-14-16-31-17-15-23)34-35-29(36)39-20-27(37)33-32-18-21-6-12-26(13-7-21)38-19-22-4-2-1-3-5-22/h1-18H,19-20H2,(H,33,37)/b32-18-. The van der Waals surface area contributed by atoms with E-state index < -0.39 is 0 Å². The first kappa shape index (κ1) is 26.1. The average Bonchev–Trinajstić information content (AvgIpc) is 3.41. The smallest absolute Gasteiger partial charge is 0.250 e. The van der Waals surface area contributed by atoms with Crippen LogP contribution in [0.4, 0.5) is 0 Å². The molecule has 1 N–H and O–H groups in total. The number of nitrogens with one attached hydrogen (secondary N) is 1. The number of pyridine rings is 1. The second-order valence-corrected chi connectivity index (χ2v) is 9.66. The van der Waals surface area contributed by atoms with Gasteiger partial charge in [0, 0.05) is 28.7 Å². The summed E-state index contributed by atoms with van der Waals surface area (Å²) in [5.41, 5.74) is 6.18. The Morgan fingerprint density at radius 3 is 2.44 bits per heavy atom. The van der Waals surface area contributed by atoms with Crippen LogP contribution in [0.15, 0.2) is 114 Å². The molecule has 194 valence electrons. The highest BCUT2D eigenvalue weighted by molar-refractivity contribution is 7.99. The number of aromatic nitrogens is 4. The van der Waals surface area contributed by atoms with Gasteiger partial charge in [-0.15, -0.1) is 10.2 Å². The lowest BCUT2D eigenvalue weighted by Crippen LogP contribution is -2.20. The summed E-state index contributed by atoms with van der Waals surface area (Å²) in [6.45, 7) is 0.498. The van der Waals surface area contributed by atoms with Crippen LogP contribution >= 0.6 is 23.4 Å². The van der Waals surface area contributed by atoms with Gasteiger partial charge in [-0.1, -0.05) is 53.7 Å². The third-order valence-corrected chi connectivity index (χ3v) is 6.70. The topological polar surface area (TPSA) is 94.3 Å². The highest BCUT2D eigenvalue weighted by Crippen LogP contribution is 2.28. The summed E-state index contributed by atoms with van der Waals surface area (Å²) >= 11 is 7.34. The number of benzene rings is 3. The van der Waals surface area contributed by atoms with Crippen molar-refractivity contribution < 1.29 is 9.53 Å². The van der Waals surface area contributed by atoms with Crippen molar-refractivity contribution in [2.75, 3.05) is 5.75 Å². The van der Waals surface area contributed by atoms with Crippen LogP contribution in [0.25, 0.3) is 17.1 Å². The van der Waals surface area contributed by atoms with Crippen LogP contribution in [0.3, 0.4) is 0 Å². The largest absolute Gasteiger partial charge is 0.489 e. The minimum absolute atomic E-state index is 0.103. The van der Waals surface area contributed by atoms with Gasteiger partial charge in [0.05, 0.1) is 12.0 Å². The van der Waals surface area contributed by atoms with E-state index in [1.54, 1.807) is 30.7 Å². The first-order valence-corrected chi connectivity index (χ1v) is 13.4. The minimum atomic E-state index is -0.268. The van der Waals surface area contributed by atoms with Gasteiger partial charge in [0.25, 0.3) is 5.91 Å². The Kier molecular flexibility index (Phi) is 8.62. The van der Waals surface area contributed by atoms with E-state index in [1.807, 2.05) is 83.4 Å². The first-order valence-electron chi connectivity index (χ1n) is 12.0. The summed E-state index contributed by atoms with van der Waals surface area (Å²) in [6.07, 6.45) is 4.97. The van der Waals surface area contributed by atoms with Gasteiger partial charge in [0.1, 0.15) is 12.4 Å². The fourth-order valence-electron chi connectivity index (χ4n) is 3.61. The van der Waals surface area contributed by atoms with Gasteiger partial charge in [0.15, 0.2) is 11.0 Å². The molecule has 1 amide bonds. The Morgan fingerprint density at radius 2 is 1.69 bits per heavy atom. The predicted octanol–water partition coefficient (Wildman–Crippen LogP) is 5.80. The van der Waals surface area contributed by atoms with Crippen LogP contribution in [0.2, 0.25) is 5.02 Å². The van der Waals surface area contributed by atoms with Crippen molar-refractivity contribution in [3.05, 3.63) is 120 Å². The number of rotatable bonds is 10. The van der Waals surface area contributed by atoms with Crippen LogP contribution in [0, 0.1) is 0 Å². The zero-order valence-corrected chi connectivity index (χ0v) is 22.2. The number of hydrogen-bond donors (Lipinski definition) is 1. The molecule has 10 heteroatoms. The van der Waals surface area contributed by atoms with Crippen LogP contribution in [0.1, 0.15) is 11.1 Å². The number of hydrogen-bond acceptors (Lipinski definition) is 7. The lowest BCUT2D eigenvalue weighted by atomic mass is 10.2. The molecule has 0 bridgehead atoms. The molecule has 5 rings (SSSR count). The number of thioether (sulfide) groups is 1. The summed E-state index contributed by atoms with van der Waals surface area (Å²) in [5.74, 6) is 1.23. The molecule has 2 heterocycles. The summed E-state index contributed by atoms with van der Waals surface area (Å²) in [6, 6.07) is 28.5. The molecule has 5 aromatic rings. The average molecular weight is 555 g/mol. The Hall–Kier alpha value is -4.47. The molecule has 0 aliphatic carbocycles. The van der Waals surface area contributed by atoms with Crippen molar-refractivity contribution in [1.29, 1.82) is 0 Å². The van der Waals surface area contributed by atoms with Gasteiger partial charge in [-0.05, 0) is 71.8 Å². The molecule has 0 radical (unpaired) electrons. The number of hydrazone groups is 1. The number of ether oxygens (including phenoxy) is 1. The van der Waals surface area contributed by atoms with E-state index in [1.165, 1.54) is 11.8 Å². The van der Waals surface area contributed by atoms with E-state index in [0.717, 1.165) is 28.1 Å². The van der Waals surface area contributed by atoms with E-state index in [-0.39, 0.29) is 11.7 Å². The molecule has 0 atom stereocenters. The third kappa shape index (κ3) is 7.10. The zero-order chi connectivity index (χ0) is 26.9. The number of carbonyl (C=O) groups is 1. The van der Waals surface area contributed by atoms with Gasteiger partial charge < -0.3 is 4.74 Å². The molecule has 0 saturated carbocycles. The molecule has 0 unspecified atom stereocenters. The fourth-order valence-corrected chi connectivity index (χ4v) is 4.48. The van der Waals surface area contributed by atoms with Crippen LogP contribution in [-0.4, -0.2) is 37.6 Å². The molecule has 8 nitrogen and oxygen atoms in total. The van der Waals surface area contributed by atoms with Gasteiger partial charge >= 0.3 is 0 Å². The van der Waals surface area contributed by atoms with Crippen LogP contribution in [-0.2, 0) is 11.4 Å². The minimum Gasteiger partial charge on any atom is -0.489 e. The Balaban J connectivity index is 1.18. The van der Waals surface area contributed by atoms with Crippen molar-refractivity contribution >= 4 is 35.5 Å². The van der Waals surface area contributed by atoms with Gasteiger partial charge in [0.2, 0.25) is 0 Å². The molecular formula is C29H23ClN6O2S. The van der Waals surface area contributed by atoms with Crippen molar-refractivity contribution in [1.82, 2.24) is 25.2 Å². The molecule has 3 aromatic carbocycles. The van der Waals surface area contributed by atoms with E-state index >= 15 is 0 Å². The Morgan fingerprint density at radius 1 is 0.949 bits per heavy atom. The maximum atomic E-state index is 12.5. The summed E-state index contributed by atoms with van der Waals surface area (Å²) in [7, 11) is 0. The quantitative estimate of drug-likeness (QED) is 0.133. The normalized spacial score (nSPS) is 11.0. The van der Waals surface area contributed by atoms with Crippen LogP contribution in [0.5, 0.6) is 5.75 Å². The third-order valence-electron chi connectivity index (χ3n) is 5.52. The molecule has 2 aromatic heterocycles. The number of halogens is 1. The fraction of sp³-hybridized carbons (Fsp3) is 0.0690. The highest BCUT2D eigenvalue weighted by atomic mass is 35.5. The maximum Gasteiger partial charge on any atom is 0.250 e. The molecule has 0 fully saturated rings. The van der Waals surface area contributed by atoms with Crippen molar-refractivity contribution in [2.24, 2.45) is 5.10 Å². The molecule has 0 aliphatic heterocycles. The summed E-state index contributed by atoms with van der Waals surface area (Å²) < 4.78 is 7.68.